The summed E-state index contributed by atoms with van der Waals surface area (Å²) in [7, 11) is 0. The average molecular weight is 347 g/mol. The quantitative estimate of drug-likeness (QED) is 0.746. The van der Waals surface area contributed by atoms with Gasteiger partial charge in [0.05, 0.1) is 5.69 Å². The van der Waals surface area contributed by atoms with E-state index in [0.717, 1.165) is 12.3 Å². The van der Waals surface area contributed by atoms with Crippen LogP contribution in [0.3, 0.4) is 0 Å². The van der Waals surface area contributed by atoms with Crippen molar-refractivity contribution in [2.45, 2.75) is 84.3 Å². The molecule has 0 aliphatic carbocycles. The molecule has 0 spiro atoms. The number of rotatable bonds is 7. The van der Waals surface area contributed by atoms with E-state index in [1.807, 2.05) is 0 Å². The first-order valence-electron chi connectivity index (χ1n) is 10.2. The van der Waals surface area contributed by atoms with E-state index in [1.165, 1.54) is 51.1 Å². The van der Waals surface area contributed by atoms with Crippen LogP contribution in [0, 0.1) is 5.92 Å². The van der Waals surface area contributed by atoms with E-state index in [2.05, 4.69) is 68.3 Å². The van der Waals surface area contributed by atoms with Gasteiger partial charge < -0.3 is 0 Å². The summed E-state index contributed by atoms with van der Waals surface area (Å²) in [5.41, 5.74) is 1.79. The second-order valence-electron chi connectivity index (χ2n) is 9.83. The van der Waals surface area contributed by atoms with E-state index in [9.17, 15) is 0 Å². The molecule has 0 aromatic carbocycles. The summed E-state index contributed by atoms with van der Waals surface area (Å²) >= 11 is 0. The topological polar surface area (TPSA) is 24.3 Å². The summed E-state index contributed by atoms with van der Waals surface area (Å²) in [6.45, 7) is 19.1. The van der Waals surface area contributed by atoms with Gasteiger partial charge in [-0.25, -0.2) is 0 Å². The third-order valence-electron chi connectivity index (χ3n) is 6.45. The van der Waals surface area contributed by atoms with Crippen LogP contribution in [-0.4, -0.2) is 56.8 Å². The maximum Gasteiger partial charge on any atom is 0.0642 e. The van der Waals surface area contributed by atoms with Crippen LogP contribution in [-0.2, 0) is 6.42 Å². The molecule has 142 valence electrons. The number of nitrogens with zero attached hydrogens (tertiary/aromatic N) is 4. The molecule has 2 fully saturated rings. The van der Waals surface area contributed by atoms with Gasteiger partial charge in [0.25, 0.3) is 0 Å². The SMILES string of the molecule is CC(C)n1ccc(CC(C)(C)N2CCC(CC(C)(C)N3CCC3)C2)n1. The molecule has 3 rings (SSSR count). The van der Waals surface area contributed by atoms with Gasteiger partial charge in [0.1, 0.15) is 0 Å². The van der Waals surface area contributed by atoms with Crippen molar-refractivity contribution < 1.29 is 0 Å². The van der Waals surface area contributed by atoms with Crippen LogP contribution in [0.15, 0.2) is 12.3 Å². The largest absolute Gasteiger partial charge is 0.298 e. The van der Waals surface area contributed by atoms with Crippen molar-refractivity contribution >= 4 is 0 Å². The van der Waals surface area contributed by atoms with Crippen molar-refractivity contribution in [3.05, 3.63) is 18.0 Å². The van der Waals surface area contributed by atoms with Gasteiger partial charge in [-0.3, -0.25) is 14.5 Å². The average Bonchev–Trinajstić information content (AvgIpc) is 3.04. The molecule has 1 aromatic rings. The second kappa shape index (κ2) is 7.03. The van der Waals surface area contributed by atoms with Crippen molar-refractivity contribution in [1.29, 1.82) is 0 Å². The monoisotopic (exact) mass is 346 g/mol. The van der Waals surface area contributed by atoms with Crippen LogP contribution >= 0.6 is 0 Å². The lowest BCUT2D eigenvalue weighted by atomic mass is 9.86. The first kappa shape index (κ1) is 18.9. The summed E-state index contributed by atoms with van der Waals surface area (Å²) in [6, 6.07) is 2.64. The molecule has 0 bridgehead atoms. The fourth-order valence-corrected chi connectivity index (χ4v) is 4.62. The normalized spacial score (nSPS) is 23.4. The minimum absolute atomic E-state index is 0.186. The molecule has 2 aliphatic rings. The van der Waals surface area contributed by atoms with Crippen LogP contribution in [0.25, 0.3) is 0 Å². The Hall–Kier alpha value is -0.870. The van der Waals surface area contributed by atoms with E-state index in [-0.39, 0.29) is 5.54 Å². The van der Waals surface area contributed by atoms with Crippen molar-refractivity contribution in [3.8, 4) is 0 Å². The summed E-state index contributed by atoms with van der Waals surface area (Å²) in [5, 5.41) is 4.77. The van der Waals surface area contributed by atoms with Crippen LogP contribution in [0.2, 0.25) is 0 Å². The van der Waals surface area contributed by atoms with Gasteiger partial charge in [0.15, 0.2) is 0 Å². The molecule has 2 aliphatic heterocycles. The Morgan fingerprint density at radius 3 is 2.36 bits per heavy atom. The molecule has 4 heteroatoms. The van der Waals surface area contributed by atoms with E-state index in [1.54, 1.807) is 0 Å². The number of hydrogen-bond donors (Lipinski definition) is 0. The Labute approximate surface area is 154 Å². The molecule has 25 heavy (non-hydrogen) atoms. The predicted molar refractivity (Wildman–Crippen MR) is 105 cm³/mol. The van der Waals surface area contributed by atoms with E-state index in [4.69, 9.17) is 5.10 Å². The fourth-order valence-electron chi connectivity index (χ4n) is 4.62. The zero-order chi connectivity index (χ0) is 18.2. The molecule has 4 nitrogen and oxygen atoms in total. The first-order valence-corrected chi connectivity index (χ1v) is 10.2. The lowest BCUT2D eigenvalue weighted by molar-refractivity contribution is 0.0357. The lowest BCUT2D eigenvalue weighted by Crippen LogP contribution is -2.52. The Bertz CT molecular complexity index is 568. The van der Waals surface area contributed by atoms with Gasteiger partial charge >= 0.3 is 0 Å². The lowest BCUT2D eigenvalue weighted by Gasteiger charge is -2.46. The Morgan fingerprint density at radius 2 is 1.80 bits per heavy atom. The van der Waals surface area contributed by atoms with Gasteiger partial charge in [-0.2, -0.15) is 5.10 Å². The Morgan fingerprint density at radius 1 is 1.08 bits per heavy atom. The van der Waals surface area contributed by atoms with E-state index in [0.29, 0.717) is 11.6 Å². The molecule has 0 N–H and O–H groups in total. The fraction of sp³-hybridized carbons (Fsp3) is 0.857. The standard InChI is InChI=1S/C21H38N4/c1-17(2)25-13-9-19(22-25)15-21(5,6)24-12-8-18(16-24)14-20(3,4)23-10-7-11-23/h9,13,17-18H,7-8,10-12,14-16H2,1-6H3. The third-order valence-corrected chi connectivity index (χ3v) is 6.45. The predicted octanol–water partition coefficient (Wildman–Crippen LogP) is 3.98. The highest BCUT2D eigenvalue weighted by Crippen LogP contribution is 2.35. The van der Waals surface area contributed by atoms with Crippen molar-refractivity contribution in [2.24, 2.45) is 5.92 Å². The molecule has 1 unspecified atom stereocenters. The highest BCUT2D eigenvalue weighted by Gasteiger charge is 2.38. The second-order valence-corrected chi connectivity index (χ2v) is 9.83. The molecular formula is C21H38N4. The molecule has 0 radical (unpaired) electrons. The smallest absolute Gasteiger partial charge is 0.0642 e. The van der Waals surface area contributed by atoms with E-state index >= 15 is 0 Å². The van der Waals surface area contributed by atoms with Crippen LogP contribution in [0.4, 0.5) is 0 Å². The third kappa shape index (κ3) is 4.28. The molecule has 3 heterocycles. The maximum absolute atomic E-state index is 4.77. The van der Waals surface area contributed by atoms with Gasteiger partial charge in [-0.15, -0.1) is 0 Å². The summed E-state index contributed by atoms with van der Waals surface area (Å²) in [5.74, 6) is 0.836. The molecule has 0 saturated carbocycles. The van der Waals surface area contributed by atoms with Crippen molar-refractivity contribution in [3.63, 3.8) is 0 Å². The number of aromatic nitrogens is 2. The van der Waals surface area contributed by atoms with Crippen LogP contribution in [0.5, 0.6) is 0 Å². The molecule has 1 atom stereocenters. The summed E-state index contributed by atoms with van der Waals surface area (Å²) in [6.07, 6.45) is 7.23. The van der Waals surface area contributed by atoms with Crippen molar-refractivity contribution in [2.75, 3.05) is 26.2 Å². The van der Waals surface area contributed by atoms with Gasteiger partial charge in [-0.05, 0) is 92.4 Å². The van der Waals surface area contributed by atoms with Crippen LogP contribution < -0.4 is 0 Å². The highest BCUT2D eigenvalue weighted by atomic mass is 15.3. The minimum atomic E-state index is 0.186. The molecule has 2 saturated heterocycles. The molecule has 1 aromatic heterocycles. The zero-order valence-electron chi connectivity index (χ0n) is 17.3. The highest BCUT2D eigenvalue weighted by molar-refractivity contribution is 5.06. The zero-order valence-corrected chi connectivity index (χ0v) is 17.3. The number of likely N-dealkylation sites (tertiary alicyclic amines) is 2. The maximum atomic E-state index is 4.77. The molecular weight excluding hydrogens is 308 g/mol. The Balaban J connectivity index is 1.56. The van der Waals surface area contributed by atoms with Gasteiger partial charge in [0.2, 0.25) is 0 Å². The number of hydrogen-bond acceptors (Lipinski definition) is 3. The molecule has 0 amide bonds. The summed E-state index contributed by atoms with van der Waals surface area (Å²) in [4.78, 5) is 5.37. The summed E-state index contributed by atoms with van der Waals surface area (Å²) < 4.78 is 2.08. The van der Waals surface area contributed by atoms with Gasteiger partial charge in [0, 0.05) is 36.3 Å². The minimum Gasteiger partial charge on any atom is -0.298 e. The van der Waals surface area contributed by atoms with Crippen LogP contribution in [0.1, 0.15) is 72.5 Å². The Kier molecular flexibility index (Phi) is 5.32. The first-order chi connectivity index (χ1) is 11.7. The van der Waals surface area contributed by atoms with Crippen molar-refractivity contribution in [1.82, 2.24) is 19.6 Å². The van der Waals surface area contributed by atoms with Gasteiger partial charge in [-0.1, -0.05) is 0 Å². The van der Waals surface area contributed by atoms with E-state index < -0.39 is 0 Å².